The molecule has 0 aliphatic carbocycles. The highest BCUT2D eigenvalue weighted by molar-refractivity contribution is 7.17. The number of anilines is 1. The highest BCUT2D eigenvalue weighted by Crippen LogP contribution is 2.27. The van der Waals surface area contributed by atoms with Crippen LogP contribution in [0.15, 0.2) is 22.9 Å². The molecule has 0 amide bonds. The van der Waals surface area contributed by atoms with Gasteiger partial charge in [-0.1, -0.05) is 5.16 Å². The van der Waals surface area contributed by atoms with E-state index in [0.29, 0.717) is 11.3 Å². The van der Waals surface area contributed by atoms with Crippen LogP contribution < -0.4 is 4.90 Å². The van der Waals surface area contributed by atoms with Crippen LogP contribution in [0.2, 0.25) is 0 Å². The molecule has 1 aliphatic heterocycles. The van der Waals surface area contributed by atoms with Gasteiger partial charge >= 0.3 is 11.9 Å². The zero-order chi connectivity index (χ0) is 14.7. The molecule has 0 fully saturated rings. The van der Waals surface area contributed by atoms with Crippen molar-refractivity contribution in [3.8, 4) is 0 Å². The number of carbonyl (C=O) groups is 2. The van der Waals surface area contributed by atoms with Crippen LogP contribution in [0.4, 0.5) is 5.00 Å². The van der Waals surface area contributed by atoms with E-state index in [0.717, 1.165) is 9.88 Å². The molecule has 7 heteroatoms. The van der Waals surface area contributed by atoms with Crippen molar-refractivity contribution in [1.29, 1.82) is 0 Å². The SMILES string of the molecule is COC(=O)CC1=NOC(=O)/C1=C/c1ccc(N(C)C)s1. The molecule has 0 saturated heterocycles. The molecule has 0 saturated carbocycles. The molecule has 0 N–H and O–H groups in total. The predicted octanol–water partition coefficient (Wildman–Crippen LogP) is 1.67. The van der Waals surface area contributed by atoms with Crippen LogP contribution in [0, 0.1) is 0 Å². The fourth-order valence-corrected chi connectivity index (χ4v) is 2.47. The minimum atomic E-state index is -0.552. The van der Waals surface area contributed by atoms with Crippen molar-refractivity contribution < 1.29 is 19.2 Å². The standard InChI is InChI=1S/C13H14N2O4S/c1-15(2)11-5-4-8(20-11)6-9-10(7-12(16)18-3)14-19-13(9)17/h4-6H,7H2,1-3H3/b9-6+. The van der Waals surface area contributed by atoms with Crippen LogP contribution in [0.3, 0.4) is 0 Å². The first-order chi connectivity index (χ1) is 9.51. The van der Waals surface area contributed by atoms with Crippen LogP contribution in [-0.4, -0.2) is 38.9 Å². The van der Waals surface area contributed by atoms with Crippen LogP contribution in [0.1, 0.15) is 11.3 Å². The van der Waals surface area contributed by atoms with Crippen LogP contribution in [0.25, 0.3) is 6.08 Å². The smallest absolute Gasteiger partial charge is 0.367 e. The lowest BCUT2D eigenvalue weighted by molar-refractivity contribution is -0.139. The van der Waals surface area contributed by atoms with E-state index in [-0.39, 0.29) is 6.42 Å². The van der Waals surface area contributed by atoms with E-state index >= 15 is 0 Å². The highest BCUT2D eigenvalue weighted by atomic mass is 32.1. The Morgan fingerprint density at radius 2 is 2.25 bits per heavy atom. The van der Waals surface area contributed by atoms with Crippen molar-refractivity contribution >= 4 is 40.1 Å². The molecular weight excluding hydrogens is 280 g/mol. The summed E-state index contributed by atoms with van der Waals surface area (Å²) in [5, 5.41) is 4.68. The Morgan fingerprint density at radius 1 is 1.50 bits per heavy atom. The number of nitrogens with zero attached hydrogens (tertiary/aromatic N) is 2. The van der Waals surface area contributed by atoms with E-state index in [1.54, 1.807) is 6.08 Å². The molecule has 1 aromatic heterocycles. The molecule has 1 aliphatic rings. The number of rotatable bonds is 4. The molecule has 0 spiro atoms. The average molecular weight is 294 g/mol. The number of oxime groups is 1. The predicted molar refractivity (Wildman–Crippen MR) is 76.8 cm³/mol. The fraction of sp³-hybridized carbons (Fsp3) is 0.308. The van der Waals surface area contributed by atoms with Crippen molar-refractivity contribution in [2.45, 2.75) is 6.42 Å². The maximum Gasteiger partial charge on any atom is 0.367 e. The Bertz CT molecular complexity index is 601. The third kappa shape index (κ3) is 3.05. The Balaban J connectivity index is 2.23. The molecule has 2 heterocycles. The molecule has 0 unspecified atom stereocenters. The summed E-state index contributed by atoms with van der Waals surface area (Å²) in [4.78, 5) is 30.4. The molecule has 0 bridgehead atoms. The molecule has 0 aromatic carbocycles. The van der Waals surface area contributed by atoms with Crippen molar-refractivity contribution in [3.05, 3.63) is 22.6 Å². The summed E-state index contributed by atoms with van der Waals surface area (Å²) < 4.78 is 4.56. The largest absolute Gasteiger partial charge is 0.469 e. The summed E-state index contributed by atoms with van der Waals surface area (Å²) >= 11 is 1.53. The summed E-state index contributed by atoms with van der Waals surface area (Å²) in [6.07, 6.45) is 1.59. The van der Waals surface area contributed by atoms with Gasteiger partial charge in [-0.2, -0.15) is 0 Å². The quantitative estimate of drug-likeness (QED) is 0.480. The molecular formula is C13H14N2O4S. The summed E-state index contributed by atoms with van der Waals surface area (Å²) in [6, 6.07) is 3.85. The minimum Gasteiger partial charge on any atom is -0.469 e. The second kappa shape index (κ2) is 5.87. The van der Waals surface area contributed by atoms with E-state index in [9.17, 15) is 9.59 Å². The fourth-order valence-electron chi connectivity index (χ4n) is 1.59. The normalized spacial score (nSPS) is 16.1. The lowest BCUT2D eigenvalue weighted by Gasteiger charge is -2.06. The molecule has 1 aromatic rings. The van der Waals surface area contributed by atoms with Crippen LogP contribution >= 0.6 is 11.3 Å². The van der Waals surface area contributed by atoms with Gasteiger partial charge in [0, 0.05) is 19.0 Å². The third-order valence-corrected chi connectivity index (χ3v) is 3.85. The van der Waals surface area contributed by atoms with Gasteiger partial charge in [-0.3, -0.25) is 4.79 Å². The molecule has 106 valence electrons. The Labute approximate surface area is 120 Å². The van der Waals surface area contributed by atoms with Crippen LogP contribution in [0.5, 0.6) is 0 Å². The van der Waals surface area contributed by atoms with Crippen LogP contribution in [-0.2, 0) is 19.2 Å². The Morgan fingerprint density at radius 3 is 2.85 bits per heavy atom. The van der Waals surface area contributed by atoms with Gasteiger partial charge in [0.05, 0.1) is 24.1 Å². The van der Waals surface area contributed by atoms with Crippen molar-refractivity contribution in [2.75, 3.05) is 26.1 Å². The average Bonchev–Trinajstić information content (AvgIpc) is 3.00. The topological polar surface area (TPSA) is 68.2 Å². The lowest BCUT2D eigenvalue weighted by atomic mass is 10.1. The zero-order valence-electron chi connectivity index (χ0n) is 11.4. The van der Waals surface area contributed by atoms with Gasteiger partial charge in [0.25, 0.3) is 0 Å². The summed E-state index contributed by atoms with van der Waals surface area (Å²) in [6.45, 7) is 0. The van der Waals surface area contributed by atoms with Gasteiger partial charge in [0.2, 0.25) is 0 Å². The summed E-state index contributed by atoms with van der Waals surface area (Å²) in [5.41, 5.74) is 0.587. The molecule has 2 rings (SSSR count). The van der Waals surface area contributed by atoms with Gasteiger partial charge < -0.3 is 14.5 Å². The minimum absolute atomic E-state index is 0.0833. The van der Waals surface area contributed by atoms with E-state index in [4.69, 9.17) is 0 Å². The zero-order valence-corrected chi connectivity index (χ0v) is 12.2. The Hall–Kier alpha value is -2.15. The first-order valence-corrected chi connectivity index (χ1v) is 6.67. The molecule has 0 radical (unpaired) electrons. The van der Waals surface area contributed by atoms with Gasteiger partial charge in [0.1, 0.15) is 5.71 Å². The van der Waals surface area contributed by atoms with E-state index in [1.807, 2.05) is 31.1 Å². The number of methoxy groups -OCH3 is 1. The maximum atomic E-state index is 11.6. The lowest BCUT2D eigenvalue weighted by Crippen LogP contribution is -2.11. The third-order valence-electron chi connectivity index (χ3n) is 2.65. The summed E-state index contributed by atoms with van der Waals surface area (Å²) in [5.74, 6) is -1.02. The van der Waals surface area contributed by atoms with E-state index in [2.05, 4.69) is 14.7 Å². The molecule has 20 heavy (non-hydrogen) atoms. The second-order valence-corrected chi connectivity index (χ2v) is 5.39. The number of carbonyl (C=O) groups excluding carboxylic acids is 2. The molecule has 0 atom stereocenters. The number of esters is 1. The van der Waals surface area contributed by atoms with Gasteiger partial charge in [-0.05, 0) is 18.2 Å². The van der Waals surface area contributed by atoms with Gasteiger partial charge in [-0.15, -0.1) is 11.3 Å². The van der Waals surface area contributed by atoms with Crippen molar-refractivity contribution in [3.63, 3.8) is 0 Å². The van der Waals surface area contributed by atoms with Crippen molar-refractivity contribution in [2.24, 2.45) is 5.16 Å². The molecule has 6 nitrogen and oxygen atoms in total. The monoisotopic (exact) mass is 294 g/mol. The van der Waals surface area contributed by atoms with Crippen molar-refractivity contribution in [1.82, 2.24) is 0 Å². The number of thiophene rings is 1. The summed E-state index contributed by atoms with van der Waals surface area (Å²) in [7, 11) is 5.17. The second-order valence-electron chi connectivity index (χ2n) is 4.30. The van der Waals surface area contributed by atoms with Gasteiger partial charge in [-0.25, -0.2) is 4.79 Å². The van der Waals surface area contributed by atoms with E-state index < -0.39 is 11.9 Å². The van der Waals surface area contributed by atoms with Gasteiger partial charge in [0.15, 0.2) is 0 Å². The number of ether oxygens (including phenoxy) is 1. The highest BCUT2D eigenvalue weighted by Gasteiger charge is 2.27. The Kier molecular flexibility index (Phi) is 4.19. The first kappa shape index (κ1) is 14.3. The number of hydrogen-bond acceptors (Lipinski definition) is 7. The van der Waals surface area contributed by atoms with E-state index in [1.165, 1.54) is 18.4 Å². The first-order valence-electron chi connectivity index (χ1n) is 5.85. The maximum absolute atomic E-state index is 11.6. The number of hydrogen-bond donors (Lipinski definition) is 0.